The Morgan fingerprint density at radius 3 is 2.68 bits per heavy atom. The SMILES string of the molecule is CN1C2C=C(Cc3cc(F)cc(C(F)(F)F)c3)CC1COC2. The summed E-state index contributed by atoms with van der Waals surface area (Å²) in [5, 5.41) is 0. The molecule has 0 aromatic heterocycles. The zero-order chi connectivity index (χ0) is 15.9. The smallest absolute Gasteiger partial charge is 0.378 e. The van der Waals surface area contributed by atoms with E-state index in [0.717, 1.165) is 18.1 Å². The lowest BCUT2D eigenvalue weighted by Gasteiger charge is -2.42. The second-order valence-corrected chi connectivity index (χ2v) is 5.98. The zero-order valence-electron chi connectivity index (χ0n) is 12.2. The van der Waals surface area contributed by atoms with Gasteiger partial charge in [0.25, 0.3) is 0 Å². The number of morpholine rings is 1. The summed E-state index contributed by atoms with van der Waals surface area (Å²) in [5.74, 6) is -0.845. The Kier molecular flexibility index (Phi) is 3.99. The first-order chi connectivity index (χ1) is 10.3. The van der Waals surface area contributed by atoms with Gasteiger partial charge in [0.15, 0.2) is 0 Å². The lowest BCUT2D eigenvalue weighted by molar-refractivity contribution is -0.137. The number of rotatable bonds is 2. The molecule has 2 aliphatic heterocycles. The fourth-order valence-electron chi connectivity index (χ4n) is 3.15. The zero-order valence-corrected chi connectivity index (χ0v) is 12.2. The quantitative estimate of drug-likeness (QED) is 0.612. The van der Waals surface area contributed by atoms with Gasteiger partial charge in [0.1, 0.15) is 5.82 Å². The lowest BCUT2D eigenvalue weighted by atomic mass is 9.90. The number of alkyl halides is 3. The molecule has 2 bridgehead atoms. The summed E-state index contributed by atoms with van der Waals surface area (Å²) in [6.07, 6.45) is -1.40. The minimum atomic E-state index is -4.53. The molecule has 1 saturated heterocycles. The number of hydrogen-bond acceptors (Lipinski definition) is 2. The van der Waals surface area contributed by atoms with Crippen molar-refractivity contribution < 1.29 is 22.3 Å². The summed E-state index contributed by atoms with van der Waals surface area (Å²) < 4.78 is 57.2. The maximum Gasteiger partial charge on any atom is 0.416 e. The highest BCUT2D eigenvalue weighted by Gasteiger charge is 2.33. The molecule has 3 rings (SSSR count). The summed E-state index contributed by atoms with van der Waals surface area (Å²) in [6, 6.07) is 3.15. The maximum absolute atomic E-state index is 13.5. The van der Waals surface area contributed by atoms with E-state index in [0.29, 0.717) is 31.3 Å². The second-order valence-electron chi connectivity index (χ2n) is 5.98. The van der Waals surface area contributed by atoms with E-state index in [1.807, 2.05) is 13.1 Å². The van der Waals surface area contributed by atoms with Crippen LogP contribution in [0.25, 0.3) is 0 Å². The van der Waals surface area contributed by atoms with Crippen molar-refractivity contribution in [1.29, 1.82) is 0 Å². The van der Waals surface area contributed by atoms with Crippen molar-refractivity contribution in [2.75, 3.05) is 20.3 Å². The molecule has 2 nitrogen and oxygen atoms in total. The molecular weight excluding hydrogens is 298 g/mol. The molecule has 0 N–H and O–H groups in total. The Balaban J connectivity index is 1.83. The van der Waals surface area contributed by atoms with Crippen molar-refractivity contribution in [2.24, 2.45) is 0 Å². The minimum absolute atomic E-state index is 0.151. The molecule has 120 valence electrons. The number of nitrogens with zero attached hydrogens (tertiary/aromatic N) is 1. The van der Waals surface area contributed by atoms with E-state index >= 15 is 0 Å². The van der Waals surface area contributed by atoms with Crippen LogP contribution in [0.5, 0.6) is 0 Å². The fourth-order valence-corrected chi connectivity index (χ4v) is 3.15. The second kappa shape index (κ2) is 5.66. The van der Waals surface area contributed by atoms with Crippen molar-refractivity contribution in [3.63, 3.8) is 0 Å². The molecule has 22 heavy (non-hydrogen) atoms. The van der Waals surface area contributed by atoms with Crippen LogP contribution in [-0.2, 0) is 17.3 Å². The van der Waals surface area contributed by atoms with Gasteiger partial charge in [-0.15, -0.1) is 0 Å². The van der Waals surface area contributed by atoms with Crippen LogP contribution >= 0.6 is 0 Å². The number of likely N-dealkylation sites (N-methyl/N-ethyl adjacent to an activating group) is 1. The highest BCUT2D eigenvalue weighted by atomic mass is 19.4. The number of hydrogen-bond donors (Lipinski definition) is 0. The summed E-state index contributed by atoms with van der Waals surface area (Å²) in [7, 11) is 2.02. The van der Waals surface area contributed by atoms with Crippen molar-refractivity contribution in [2.45, 2.75) is 31.1 Å². The first-order valence-corrected chi connectivity index (χ1v) is 7.19. The molecule has 2 aliphatic rings. The molecule has 1 fully saturated rings. The normalized spacial score (nSPS) is 26.0. The van der Waals surface area contributed by atoms with Crippen LogP contribution in [0.3, 0.4) is 0 Å². The largest absolute Gasteiger partial charge is 0.416 e. The van der Waals surface area contributed by atoms with Crippen molar-refractivity contribution >= 4 is 0 Å². The number of ether oxygens (including phenoxy) is 1. The van der Waals surface area contributed by atoms with E-state index in [2.05, 4.69) is 4.90 Å². The van der Waals surface area contributed by atoms with Gasteiger partial charge < -0.3 is 4.74 Å². The summed E-state index contributed by atoms with van der Waals surface area (Å²) in [5.41, 5.74) is 0.483. The Morgan fingerprint density at radius 1 is 1.23 bits per heavy atom. The predicted octanol–water partition coefficient (Wildman–Crippen LogP) is 3.42. The van der Waals surface area contributed by atoms with E-state index in [4.69, 9.17) is 4.74 Å². The molecule has 0 aliphatic carbocycles. The molecule has 2 atom stereocenters. The Morgan fingerprint density at radius 2 is 2.00 bits per heavy atom. The summed E-state index contributed by atoms with van der Waals surface area (Å²) >= 11 is 0. The third-order valence-electron chi connectivity index (χ3n) is 4.34. The maximum atomic E-state index is 13.5. The fraction of sp³-hybridized carbons (Fsp3) is 0.500. The van der Waals surface area contributed by atoms with Crippen LogP contribution in [0.1, 0.15) is 17.5 Å². The molecule has 6 heteroatoms. The van der Waals surface area contributed by atoms with Crippen molar-refractivity contribution in [3.05, 3.63) is 46.8 Å². The highest BCUT2D eigenvalue weighted by Crippen LogP contribution is 2.32. The van der Waals surface area contributed by atoms with Gasteiger partial charge in [0.2, 0.25) is 0 Å². The van der Waals surface area contributed by atoms with Crippen LogP contribution < -0.4 is 0 Å². The van der Waals surface area contributed by atoms with Gasteiger partial charge in [-0.25, -0.2) is 4.39 Å². The first kappa shape index (κ1) is 15.5. The van der Waals surface area contributed by atoms with Crippen molar-refractivity contribution in [1.82, 2.24) is 4.90 Å². The van der Waals surface area contributed by atoms with Gasteiger partial charge in [-0.2, -0.15) is 13.2 Å². The summed E-state index contributed by atoms with van der Waals surface area (Å²) in [6.45, 7) is 1.22. The van der Waals surface area contributed by atoms with E-state index in [1.54, 1.807) is 0 Å². The lowest BCUT2D eigenvalue weighted by Crippen LogP contribution is -2.51. The third kappa shape index (κ3) is 3.17. The number of benzene rings is 1. The third-order valence-corrected chi connectivity index (χ3v) is 4.34. The van der Waals surface area contributed by atoms with Crippen LogP contribution in [0.2, 0.25) is 0 Å². The summed E-state index contributed by atoms with van der Waals surface area (Å²) in [4.78, 5) is 2.22. The van der Waals surface area contributed by atoms with Gasteiger partial charge >= 0.3 is 6.18 Å². The van der Waals surface area contributed by atoms with E-state index in [1.165, 1.54) is 6.07 Å². The molecule has 1 aromatic rings. The van der Waals surface area contributed by atoms with Crippen LogP contribution in [0.4, 0.5) is 17.6 Å². The van der Waals surface area contributed by atoms with Gasteiger partial charge in [-0.1, -0.05) is 11.6 Å². The Hall–Kier alpha value is -1.40. The van der Waals surface area contributed by atoms with Crippen LogP contribution in [0.15, 0.2) is 29.8 Å². The Bertz CT molecular complexity index is 596. The number of fused-ring (bicyclic) bond motifs is 2. The van der Waals surface area contributed by atoms with E-state index in [-0.39, 0.29) is 12.1 Å². The highest BCUT2D eigenvalue weighted by molar-refractivity contribution is 5.31. The standard InChI is InChI=1S/C16H17F4NO/c1-21-14-5-11(6-15(21)9-22-8-14)2-10-3-12(16(18,19)20)7-13(17)4-10/h3-5,7,14-15H,2,6,8-9H2,1H3. The molecule has 2 heterocycles. The average Bonchev–Trinajstić information content (AvgIpc) is 2.38. The van der Waals surface area contributed by atoms with E-state index in [9.17, 15) is 17.6 Å². The predicted molar refractivity (Wildman–Crippen MR) is 74.0 cm³/mol. The van der Waals surface area contributed by atoms with Crippen LogP contribution in [-0.4, -0.2) is 37.2 Å². The van der Waals surface area contributed by atoms with E-state index < -0.39 is 17.6 Å². The van der Waals surface area contributed by atoms with Gasteiger partial charge in [0, 0.05) is 6.04 Å². The molecule has 1 aromatic carbocycles. The first-order valence-electron chi connectivity index (χ1n) is 7.19. The molecule has 0 saturated carbocycles. The molecule has 0 amide bonds. The van der Waals surface area contributed by atoms with Crippen LogP contribution in [0, 0.1) is 5.82 Å². The molecule has 2 unspecified atom stereocenters. The monoisotopic (exact) mass is 315 g/mol. The Labute approximate surface area is 126 Å². The van der Waals surface area contributed by atoms with Gasteiger partial charge in [-0.3, -0.25) is 4.90 Å². The molecule has 0 spiro atoms. The van der Waals surface area contributed by atoms with Crippen molar-refractivity contribution in [3.8, 4) is 0 Å². The topological polar surface area (TPSA) is 12.5 Å². The molecule has 0 radical (unpaired) electrons. The average molecular weight is 315 g/mol. The van der Waals surface area contributed by atoms with Gasteiger partial charge in [-0.05, 0) is 43.7 Å². The minimum Gasteiger partial charge on any atom is -0.378 e. The number of halogens is 4. The molecular formula is C16H17F4NO. The van der Waals surface area contributed by atoms with Gasteiger partial charge in [0.05, 0.1) is 24.8 Å².